The lowest BCUT2D eigenvalue weighted by atomic mass is 9.94. The summed E-state index contributed by atoms with van der Waals surface area (Å²) in [5.41, 5.74) is 5.73. The van der Waals surface area contributed by atoms with Crippen molar-refractivity contribution in [2.75, 3.05) is 0 Å². The van der Waals surface area contributed by atoms with Crippen LogP contribution in [0.4, 0.5) is 5.69 Å². The number of hydrogen-bond acceptors (Lipinski definition) is 5. The van der Waals surface area contributed by atoms with Gasteiger partial charge in [0.1, 0.15) is 12.1 Å². The van der Waals surface area contributed by atoms with E-state index < -0.39 is 0 Å². The molecule has 1 aromatic carbocycles. The summed E-state index contributed by atoms with van der Waals surface area (Å²) < 4.78 is 5.70. The molecule has 204 valence electrons. The Morgan fingerprint density at radius 1 is 1.11 bits per heavy atom. The van der Waals surface area contributed by atoms with E-state index in [1.165, 1.54) is 0 Å². The first kappa shape index (κ1) is 30.7. The van der Waals surface area contributed by atoms with Crippen LogP contribution < -0.4 is 5.32 Å². The van der Waals surface area contributed by atoms with E-state index in [9.17, 15) is 9.59 Å². The fourth-order valence-corrected chi connectivity index (χ4v) is 4.32. The highest BCUT2D eigenvalue weighted by Crippen LogP contribution is 2.26. The second-order valence-electron chi connectivity index (χ2n) is 11.4. The highest BCUT2D eigenvalue weighted by molar-refractivity contribution is 6.07. The van der Waals surface area contributed by atoms with Gasteiger partial charge >= 0.3 is 5.97 Å². The first-order chi connectivity index (χ1) is 17.4. The van der Waals surface area contributed by atoms with Crippen molar-refractivity contribution in [3.05, 3.63) is 52.6 Å². The van der Waals surface area contributed by atoms with Crippen molar-refractivity contribution in [2.24, 2.45) is 22.7 Å². The van der Waals surface area contributed by atoms with Crippen molar-refractivity contribution >= 4 is 23.2 Å². The summed E-state index contributed by atoms with van der Waals surface area (Å²) in [6.07, 6.45) is 7.92. The molecule has 0 aliphatic heterocycles. The Balaban J connectivity index is 2.28. The van der Waals surface area contributed by atoms with E-state index in [1.54, 1.807) is 0 Å². The maximum Gasteiger partial charge on any atom is 0.323 e. The fraction of sp³-hybridized carbons (Fsp3) is 0.594. The normalized spacial score (nSPS) is 16.4. The maximum atomic E-state index is 12.8. The quantitative estimate of drug-likeness (QED) is 0.130. The molecule has 0 aromatic heterocycles. The molecule has 0 amide bonds. The van der Waals surface area contributed by atoms with E-state index in [0.29, 0.717) is 12.5 Å². The molecule has 37 heavy (non-hydrogen) atoms. The molecule has 0 bridgehead atoms. The summed E-state index contributed by atoms with van der Waals surface area (Å²) >= 11 is 0. The van der Waals surface area contributed by atoms with Crippen molar-refractivity contribution in [1.29, 1.82) is 0 Å². The third-order valence-electron chi connectivity index (χ3n) is 6.83. The Labute approximate surface area is 224 Å². The SMILES string of the molecule is C/C=C(\C=C(\C)C(=O)C(C)C)C(=Nc1cc(CNC(CC(C)C)C(=O)OC2CCC2)ccc1C)C(C)C. The minimum absolute atomic E-state index is 0.0363. The van der Waals surface area contributed by atoms with Gasteiger partial charge in [-0.2, -0.15) is 0 Å². The molecule has 0 saturated heterocycles. The Bertz CT molecular complexity index is 1030. The Morgan fingerprint density at radius 3 is 2.30 bits per heavy atom. The van der Waals surface area contributed by atoms with Crippen LogP contribution in [0.15, 0.2) is 46.5 Å². The van der Waals surface area contributed by atoms with Crippen LogP contribution in [-0.4, -0.2) is 29.6 Å². The van der Waals surface area contributed by atoms with Gasteiger partial charge in [0.05, 0.1) is 11.4 Å². The minimum Gasteiger partial charge on any atom is -0.461 e. The number of Topliss-reactive ketones (excluding diaryl/α,β-unsaturated/α-hetero) is 1. The van der Waals surface area contributed by atoms with Crippen molar-refractivity contribution in [2.45, 2.75) is 107 Å². The van der Waals surface area contributed by atoms with Crippen molar-refractivity contribution in [3.8, 4) is 0 Å². The molecular formula is C32H48N2O3. The van der Waals surface area contributed by atoms with Gasteiger partial charge in [-0.05, 0) is 92.7 Å². The smallest absolute Gasteiger partial charge is 0.323 e. The summed E-state index contributed by atoms with van der Waals surface area (Å²) in [5, 5.41) is 3.45. The van der Waals surface area contributed by atoms with E-state index in [-0.39, 0.29) is 35.7 Å². The molecule has 5 nitrogen and oxygen atoms in total. The summed E-state index contributed by atoms with van der Waals surface area (Å²) in [5.74, 6) is 0.546. The van der Waals surface area contributed by atoms with Crippen LogP contribution in [0.25, 0.3) is 0 Å². The third kappa shape index (κ3) is 9.37. The number of aryl methyl sites for hydroxylation is 1. The lowest BCUT2D eigenvalue weighted by molar-refractivity contribution is -0.156. The molecule has 1 fully saturated rings. The number of hydrogen-bond donors (Lipinski definition) is 1. The first-order valence-electron chi connectivity index (χ1n) is 13.9. The molecule has 1 atom stereocenters. The number of carbonyl (C=O) groups is 2. The molecule has 1 N–H and O–H groups in total. The maximum absolute atomic E-state index is 12.8. The van der Waals surface area contributed by atoms with E-state index in [2.05, 4.69) is 58.1 Å². The second-order valence-corrected chi connectivity index (χ2v) is 11.4. The average Bonchev–Trinajstić information content (AvgIpc) is 2.81. The van der Waals surface area contributed by atoms with Crippen molar-refractivity contribution in [3.63, 3.8) is 0 Å². The number of nitrogens with zero attached hydrogens (tertiary/aromatic N) is 1. The molecule has 1 aliphatic rings. The Morgan fingerprint density at radius 2 is 1.78 bits per heavy atom. The molecule has 1 saturated carbocycles. The minimum atomic E-state index is -0.318. The van der Waals surface area contributed by atoms with Crippen molar-refractivity contribution in [1.82, 2.24) is 5.32 Å². The van der Waals surface area contributed by atoms with Gasteiger partial charge in [0, 0.05) is 12.5 Å². The summed E-state index contributed by atoms with van der Waals surface area (Å²) in [7, 11) is 0. The summed E-state index contributed by atoms with van der Waals surface area (Å²) in [6, 6.07) is 5.94. The van der Waals surface area contributed by atoms with E-state index >= 15 is 0 Å². The number of ether oxygens (including phenoxy) is 1. The number of nitrogens with one attached hydrogen (secondary N) is 1. The van der Waals surface area contributed by atoms with Crippen LogP contribution in [0, 0.1) is 24.7 Å². The Hall–Kier alpha value is -2.53. The lowest BCUT2D eigenvalue weighted by Crippen LogP contribution is -2.41. The molecule has 1 unspecified atom stereocenters. The monoisotopic (exact) mass is 508 g/mol. The van der Waals surface area contributed by atoms with Crippen molar-refractivity contribution < 1.29 is 14.3 Å². The van der Waals surface area contributed by atoms with E-state index in [1.807, 2.05) is 39.8 Å². The largest absolute Gasteiger partial charge is 0.461 e. The van der Waals surface area contributed by atoms with Gasteiger partial charge in [-0.3, -0.25) is 14.6 Å². The van der Waals surface area contributed by atoms with Gasteiger partial charge in [-0.1, -0.05) is 59.8 Å². The number of esters is 1. The summed E-state index contributed by atoms with van der Waals surface area (Å²) in [6.45, 7) is 18.8. The molecule has 5 heteroatoms. The van der Waals surface area contributed by atoms with Gasteiger partial charge in [0.25, 0.3) is 0 Å². The average molecular weight is 509 g/mol. The zero-order valence-corrected chi connectivity index (χ0v) is 24.5. The zero-order chi connectivity index (χ0) is 27.7. The van der Waals surface area contributed by atoms with E-state index in [4.69, 9.17) is 9.73 Å². The van der Waals surface area contributed by atoms with Crippen LogP contribution in [0.2, 0.25) is 0 Å². The Kier molecular flexibility index (Phi) is 12.0. The third-order valence-corrected chi connectivity index (χ3v) is 6.83. The van der Waals surface area contributed by atoms with Gasteiger partial charge in [0.2, 0.25) is 0 Å². The van der Waals surface area contributed by atoms with Crippen LogP contribution in [0.5, 0.6) is 0 Å². The molecule has 1 aromatic rings. The number of rotatable bonds is 13. The van der Waals surface area contributed by atoms with E-state index in [0.717, 1.165) is 59.4 Å². The number of carbonyl (C=O) groups excluding carboxylic acids is 2. The number of allylic oxidation sites excluding steroid dienone is 4. The highest BCUT2D eigenvalue weighted by atomic mass is 16.5. The second kappa shape index (κ2) is 14.4. The molecule has 0 spiro atoms. The van der Waals surface area contributed by atoms with Gasteiger partial charge in [-0.15, -0.1) is 0 Å². The molecule has 2 rings (SSSR count). The number of aliphatic imine (C=N–C) groups is 1. The molecule has 0 radical (unpaired) electrons. The molecular weight excluding hydrogens is 460 g/mol. The van der Waals surface area contributed by atoms with Crippen LogP contribution >= 0.6 is 0 Å². The number of ketones is 1. The predicted molar refractivity (Wildman–Crippen MR) is 154 cm³/mol. The lowest BCUT2D eigenvalue weighted by Gasteiger charge is -2.28. The van der Waals surface area contributed by atoms with Crippen LogP contribution in [0.1, 0.15) is 92.2 Å². The number of benzene rings is 1. The van der Waals surface area contributed by atoms with Gasteiger partial charge in [0.15, 0.2) is 5.78 Å². The van der Waals surface area contributed by atoms with Crippen LogP contribution in [0.3, 0.4) is 0 Å². The molecule has 0 heterocycles. The molecule has 1 aliphatic carbocycles. The first-order valence-corrected chi connectivity index (χ1v) is 13.9. The zero-order valence-electron chi connectivity index (χ0n) is 24.5. The topological polar surface area (TPSA) is 67.8 Å². The van der Waals surface area contributed by atoms with Crippen LogP contribution in [-0.2, 0) is 20.9 Å². The predicted octanol–water partition coefficient (Wildman–Crippen LogP) is 7.44. The fourth-order valence-electron chi connectivity index (χ4n) is 4.32. The summed E-state index contributed by atoms with van der Waals surface area (Å²) in [4.78, 5) is 30.4. The van der Waals surface area contributed by atoms with Gasteiger partial charge < -0.3 is 10.1 Å². The standard InChI is InChI=1S/C32H48N2O3/c1-10-26(17-24(9)31(35)22(6)7)30(21(4)5)34-28-18-25(15-14-23(28)8)19-33-29(16-20(2)3)32(36)37-27-12-11-13-27/h10,14-15,17-18,20-22,27,29,33H,11-13,16,19H2,1-9H3/b24-17-,26-10+,34-30?. The highest BCUT2D eigenvalue weighted by Gasteiger charge is 2.27. The van der Waals surface area contributed by atoms with Gasteiger partial charge in [-0.25, -0.2) is 0 Å².